The van der Waals surface area contributed by atoms with Crippen molar-refractivity contribution in [2.24, 2.45) is 0 Å². The summed E-state index contributed by atoms with van der Waals surface area (Å²) in [5.41, 5.74) is 5.00. The number of rotatable bonds is 4. The predicted octanol–water partition coefficient (Wildman–Crippen LogP) is 3.59. The highest BCUT2D eigenvalue weighted by molar-refractivity contribution is 9.10. The molecule has 0 radical (unpaired) electrons. The number of nitrogens with zero attached hydrogens (tertiary/aromatic N) is 2. The van der Waals surface area contributed by atoms with Gasteiger partial charge in [-0.05, 0) is 50.6 Å². The number of aryl methyl sites for hydroxylation is 3. The Kier molecular flexibility index (Phi) is 4.42. The minimum atomic E-state index is 0.174. The van der Waals surface area contributed by atoms with Crippen LogP contribution >= 0.6 is 15.9 Å². The normalized spacial score (nSPS) is 12.7. The molecule has 0 amide bonds. The lowest BCUT2D eigenvalue weighted by Crippen LogP contribution is -2.21. The van der Waals surface area contributed by atoms with Crippen LogP contribution in [0.2, 0.25) is 0 Å². The quantitative estimate of drug-likeness (QED) is 0.932. The second-order valence-electron chi connectivity index (χ2n) is 4.76. The Morgan fingerprint density at radius 1 is 1.32 bits per heavy atom. The molecule has 1 N–H and O–H groups in total. The van der Waals surface area contributed by atoms with E-state index in [0.29, 0.717) is 0 Å². The second kappa shape index (κ2) is 5.88. The number of benzene rings is 1. The molecule has 0 aliphatic carbocycles. The third kappa shape index (κ3) is 2.74. The number of nitrogens with one attached hydrogen (secondary N) is 1. The molecular formula is C15H20BrN3. The zero-order chi connectivity index (χ0) is 14.0. The van der Waals surface area contributed by atoms with Crippen molar-refractivity contribution in [1.82, 2.24) is 15.1 Å². The Balaban J connectivity index is 2.48. The van der Waals surface area contributed by atoms with E-state index in [0.717, 1.165) is 6.54 Å². The summed E-state index contributed by atoms with van der Waals surface area (Å²) in [5.74, 6) is 0. The molecule has 0 saturated heterocycles. The van der Waals surface area contributed by atoms with Crippen LogP contribution in [-0.2, 0) is 6.54 Å². The maximum atomic E-state index is 4.36. The van der Waals surface area contributed by atoms with Gasteiger partial charge in [-0.1, -0.05) is 28.1 Å². The van der Waals surface area contributed by atoms with Crippen molar-refractivity contribution in [2.75, 3.05) is 7.05 Å². The van der Waals surface area contributed by atoms with Crippen LogP contribution in [0.25, 0.3) is 0 Å². The van der Waals surface area contributed by atoms with Crippen LogP contribution in [0.4, 0.5) is 0 Å². The van der Waals surface area contributed by atoms with E-state index in [1.807, 2.05) is 17.9 Å². The van der Waals surface area contributed by atoms with Gasteiger partial charge in [-0.2, -0.15) is 5.10 Å². The number of hydrogen-bond donors (Lipinski definition) is 1. The fourth-order valence-electron chi connectivity index (χ4n) is 2.48. The molecule has 0 fully saturated rings. The molecule has 3 nitrogen and oxygen atoms in total. The Bertz CT molecular complexity index is 552. The zero-order valence-corrected chi connectivity index (χ0v) is 13.5. The van der Waals surface area contributed by atoms with Crippen LogP contribution in [0.1, 0.15) is 35.3 Å². The van der Waals surface area contributed by atoms with Gasteiger partial charge in [-0.3, -0.25) is 4.68 Å². The van der Waals surface area contributed by atoms with Crippen molar-refractivity contribution < 1.29 is 0 Å². The predicted molar refractivity (Wildman–Crippen MR) is 82.4 cm³/mol. The van der Waals surface area contributed by atoms with Crippen molar-refractivity contribution in [1.29, 1.82) is 0 Å². The first kappa shape index (κ1) is 14.3. The first-order valence-electron chi connectivity index (χ1n) is 6.54. The average molecular weight is 322 g/mol. The standard InChI is InChI=1S/C15H20BrN3/c1-5-19-13(6-7-18-19)15(17-4)12-8-10(2)14(16)11(3)9-12/h6-9,15,17H,5H2,1-4H3. The summed E-state index contributed by atoms with van der Waals surface area (Å²) in [7, 11) is 1.99. The van der Waals surface area contributed by atoms with Gasteiger partial charge in [-0.25, -0.2) is 0 Å². The molecule has 0 saturated carbocycles. The number of aromatic nitrogens is 2. The first-order chi connectivity index (χ1) is 9.08. The van der Waals surface area contributed by atoms with Crippen molar-refractivity contribution in [3.63, 3.8) is 0 Å². The molecule has 1 aromatic heterocycles. The molecule has 1 unspecified atom stereocenters. The lowest BCUT2D eigenvalue weighted by Gasteiger charge is -2.20. The molecule has 0 bridgehead atoms. The summed E-state index contributed by atoms with van der Waals surface area (Å²) < 4.78 is 3.23. The molecular weight excluding hydrogens is 302 g/mol. The van der Waals surface area contributed by atoms with Gasteiger partial charge >= 0.3 is 0 Å². The number of halogens is 1. The van der Waals surface area contributed by atoms with Crippen molar-refractivity contribution >= 4 is 15.9 Å². The summed E-state index contributed by atoms with van der Waals surface area (Å²) in [6.07, 6.45) is 1.86. The summed E-state index contributed by atoms with van der Waals surface area (Å²) >= 11 is 3.62. The van der Waals surface area contributed by atoms with E-state index in [1.165, 1.54) is 26.9 Å². The monoisotopic (exact) mass is 321 g/mol. The van der Waals surface area contributed by atoms with Gasteiger partial charge in [0.05, 0.1) is 11.7 Å². The SMILES string of the molecule is CCn1nccc1C(NC)c1cc(C)c(Br)c(C)c1. The van der Waals surface area contributed by atoms with Crippen LogP contribution in [0.5, 0.6) is 0 Å². The molecule has 1 heterocycles. The molecule has 19 heavy (non-hydrogen) atoms. The molecule has 0 aliphatic heterocycles. The summed E-state index contributed by atoms with van der Waals surface area (Å²) in [6.45, 7) is 7.26. The Morgan fingerprint density at radius 2 is 1.95 bits per heavy atom. The summed E-state index contributed by atoms with van der Waals surface area (Å²) in [6, 6.07) is 6.71. The summed E-state index contributed by atoms with van der Waals surface area (Å²) in [5, 5.41) is 7.75. The third-order valence-electron chi connectivity index (χ3n) is 3.43. The molecule has 1 aromatic carbocycles. The van der Waals surface area contributed by atoms with Crippen LogP contribution in [0.15, 0.2) is 28.9 Å². The lowest BCUT2D eigenvalue weighted by molar-refractivity contribution is 0.563. The van der Waals surface area contributed by atoms with Crippen LogP contribution in [-0.4, -0.2) is 16.8 Å². The van der Waals surface area contributed by atoms with Crippen molar-refractivity contribution in [3.8, 4) is 0 Å². The van der Waals surface area contributed by atoms with Crippen LogP contribution in [0, 0.1) is 13.8 Å². The van der Waals surface area contributed by atoms with Gasteiger partial charge in [0, 0.05) is 17.2 Å². The van der Waals surface area contributed by atoms with E-state index >= 15 is 0 Å². The minimum Gasteiger partial charge on any atom is -0.308 e. The van der Waals surface area contributed by atoms with Gasteiger partial charge < -0.3 is 5.32 Å². The van der Waals surface area contributed by atoms with Gasteiger partial charge in [0.2, 0.25) is 0 Å². The van der Waals surface area contributed by atoms with Gasteiger partial charge in [-0.15, -0.1) is 0 Å². The fourth-order valence-corrected chi connectivity index (χ4v) is 2.71. The summed E-state index contributed by atoms with van der Waals surface area (Å²) in [4.78, 5) is 0. The molecule has 1 atom stereocenters. The zero-order valence-electron chi connectivity index (χ0n) is 11.9. The lowest BCUT2D eigenvalue weighted by atomic mass is 9.99. The Labute approximate surface area is 123 Å². The van der Waals surface area contributed by atoms with E-state index in [4.69, 9.17) is 0 Å². The minimum absolute atomic E-state index is 0.174. The highest BCUT2D eigenvalue weighted by Gasteiger charge is 2.17. The molecule has 4 heteroatoms. The topological polar surface area (TPSA) is 29.9 Å². The Hall–Kier alpha value is -1.13. The van der Waals surface area contributed by atoms with Gasteiger partial charge in [0.15, 0.2) is 0 Å². The van der Waals surface area contributed by atoms with E-state index < -0.39 is 0 Å². The van der Waals surface area contributed by atoms with E-state index in [2.05, 4.69) is 65.3 Å². The molecule has 102 valence electrons. The highest BCUT2D eigenvalue weighted by atomic mass is 79.9. The van der Waals surface area contributed by atoms with E-state index in [1.54, 1.807) is 0 Å². The smallest absolute Gasteiger partial charge is 0.0746 e. The average Bonchev–Trinajstić information content (AvgIpc) is 2.85. The number of hydrogen-bond acceptors (Lipinski definition) is 2. The fraction of sp³-hybridized carbons (Fsp3) is 0.400. The maximum Gasteiger partial charge on any atom is 0.0746 e. The van der Waals surface area contributed by atoms with Gasteiger partial charge in [0.1, 0.15) is 0 Å². The largest absolute Gasteiger partial charge is 0.308 e. The molecule has 0 aliphatic rings. The molecule has 2 rings (SSSR count). The molecule has 0 spiro atoms. The van der Waals surface area contributed by atoms with E-state index in [9.17, 15) is 0 Å². The third-order valence-corrected chi connectivity index (χ3v) is 4.68. The molecule has 2 aromatic rings. The second-order valence-corrected chi connectivity index (χ2v) is 5.56. The van der Waals surface area contributed by atoms with Crippen LogP contribution in [0.3, 0.4) is 0 Å². The van der Waals surface area contributed by atoms with Crippen molar-refractivity contribution in [3.05, 3.63) is 51.3 Å². The maximum absolute atomic E-state index is 4.36. The first-order valence-corrected chi connectivity index (χ1v) is 7.33. The van der Waals surface area contributed by atoms with Gasteiger partial charge in [0.25, 0.3) is 0 Å². The van der Waals surface area contributed by atoms with Crippen molar-refractivity contribution in [2.45, 2.75) is 33.4 Å². The Morgan fingerprint density at radius 3 is 2.47 bits per heavy atom. The highest BCUT2D eigenvalue weighted by Crippen LogP contribution is 2.28. The van der Waals surface area contributed by atoms with E-state index in [-0.39, 0.29) is 6.04 Å². The van der Waals surface area contributed by atoms with Crippen LogP contribution < -0.4 is 5.32 Å².